The molecule has 0 aliphatic carbocycles. The lowest BCUT2D eigenvalue weighted by molar-refractivity contribution is 0.403. The van der Waals surface area contributed by atoms with Crippen LogP contribution in [-0.4, -0.2) is 33.9 Å². The molecule has 0 unspecified atom stereocenters. The van der Waals surface area contributed by atoms with Gasteiger partial charge in [-0.25, -0.2) is 4.98 Å². The lowest BCUT2D eigenvalue weighted by atomic mass is 9.96. The Morgan fingerprint density at radius 3 is 2.44 bits per heavy atom. The summed E-state index contributed by atoms with van der Waals surface area (Å²) in [5, 5.41) is 4.13. The number of hydrogen-bond acceptors (Lipinski definition) is 5. The zero-order valence-electron chi connectivity index (χ0n) is 21.0. The SMILES string of the molecule is COc1ccc(OC)c(N2C(=S)N[C@H](c3ccccn3)[C@H]2c2cc(C)n(-c3cc(C)ccn3)c2C)c1. The number of nitrogens with zero attached hydrogens (tertiary/aromatic N) is 4. The third-order valence-corrected chi connectivity index (χ3v) is 6.98. The second kappa shape index (κ2) is 9.62. The van der Waals surface area contributed by atoms with E-state index in [1.54, 1.807) is 14.2 Å². The highest BCUT2D eigenvalue weighted by Crippen LogP contribution is 2.47. The van der Waals surface area contributed by atoms with Crippen LogP contribution in [0.3, 0.4) is 0 Å². The number of rotatable bonds is 6. The molecule has 1 aliphatic heterocycles. The minimum absolute atomic E-state index is 0.172. The maximum Gasteiger partial charge on any atom is 0.174 e. The monoisotopic (exact) mass is 499 g/mol. The molecule has 1 fully saturated rings. The van der Waals surface area contributed by atoms with Gasteiger partial charge in [-0.05, 0) is 86.6 Å². The molecule has 184 valence electrons. The second-order valence-electron chi connectivity index (χ2n) is 8.89. The van der Waals surface area contributed by atoms with Crippen molar-refractivity contribution in [3.63, 3.8) is 0 Å². The maximum absolute atomic E-state index is 5.93. The van der Waals surface area contributed by atoms with Gasteiger partial charge < -0.3 is 24.3 Å². The van der Waals surface area contributed by atoms with E-state index in [0.29, 0.717) is 10.9 Å². The lowest BCUT2D eigenvalue weighted by Gasteiger charge is -2.29. The first-order valence-electron chi connectivity index (χ1n) is 11.8. The Labute approximate surface area is 216 Å². The first kappa shape index (κ1) is 23.8. The fourth-order valence-corrected chi connectivity index (χ4v) is 5.34. The zero-order valence-corrected chi connectivity index (χ0v) is 21.8. The number of benzene rings is 1. The van der Waals surface area contributed by atoms with Gasteiger partial charge >= 0.3 is 0 Å². The molecule has 1 saturated heterocycles. The summed E-state index contributed by atoms with van der Waals surface area (Å²) in [6.45, 7) is 6.31. The molecule has 8 heteroatoms. The molecular formula is C28H29N5O2S. The standard InChI is InChI=1S/C28H29N5O2S/c1-17-11-13-30-25(14-17)32-18(2)15-21(19(32)3)27-26(22-8-6-7-12-29-22)31-28(36)33(27)23-16-20(34-4)9-10-24(23)35-5/h6-16,26-27H,1-5H3,(H,31,36)/t26-,27-/m1/s1. The Morgan fingerprint density at radius 2 is 1.75 bits per heavy atom. The van der Waals surface area contributed by atoms with E-state index in [0.717, 1.165) is 45.5 Å². The van der Waals surface area contributed by atoms with Crippen molar-refractivity contribution in [2.24, 2.45) is 0 Å². The maximum atomic E-state index is 5.93. The number of aryl methyl sites for hydroxylation is 2. The van der Waals surface area contributed by atoms with E-state index in [-0.39, 0.29) is 12.1 Å². The highest BCUT2D eigenvalue weighted by atomic mass is 32.1. The van der Waals surface area contributed by atoms with Crippen molar-refractivity contribution in [2.45, 2.75) is 32.9 Å². The minimum atomic E-state index is -0.182. The average molecular weight is 500 g/mol. The van der Waals surface area contributed by atoms with Crippen molar-refractivity contribution in [2.75, 3.05) is 19.1 Å². The molecule has 2 atom stereocenters. The molecule has 1 aliphatic rings. The second-order valence-corrected chi connectivity index (χ2v) is 9.27. The molecule has 0 bridgehead atoms. The normalized spacial score (nSPS) is 17.2. The number of nitrogens with one attached hydrogen (secondary N) is 1. The number of aromatic nitrogens is 3. The smallest absolute Gasteiger partial charge is 0.174 e. The number of ether oxygens (including phenoxy) is 2. The van der Waals surface area contributed by atoms with Gasteiger partial charge in [-0.2, -0.15) is 0 Å². The predicted molar refractivity (Wildman–Crippen MR) is 145 cm³/mol. The van der Waals surface area contributed by atoms with Gasteiger partial charge in [-0.3, -0.25) is 4.98 Å². The van der Waals surface area contributed by atoms with E-state index in [9.17, 15) is 0 Å². The minimum Gasteiger partial charge on any atom is -0.497 e. The van der Waals surface area contributed by atoms with Crippen molar-refractivity contribution in [1.29, 1.82) is 0 Å². The molecule has 4 heterocycles. The molecule has 5 rings (SSSR count). The van der Waals surface area contributed by atoms with Gasteiger partial charge in [0.1, 0.15) is 17.3 Å². The summed E-state index contributed by atoms with van der Waals surface area (Å²) < 4.78 is 13.5. The third kappa shape index (κ3) is 4.07. The Kier molecular flexibility index (Phi) is 6.36. The summed E-state index contributed by atoms with van der Waals surface area (Å²) >= 11 is 5.93. The Morgan fingerprint density at radius 1 is 0.917 bits per heavy atom. The molecule has 36 heavy (non-hydrogen) atoms. The highest BCUT2D eigenvalue weighted by molar-refractivity contribution is 7.80. The van der Waals surface area contributed by atoms with Gasteiger partial charge in [-0.1, -0.05) is 6.07 Å². The van der Waals surface area contributed by atoms with Crippen LogP contribution < -0.4 is 19.7 Å². The van der Waals surface area contributed by atoms with Gasteiger partial charge in [-0.15, -0.1) is 0 Å². The summed E-state index contributed by atoms with van der Waals surface area (Å²) in [5.74, 6) is 2.33. The molecule has 0 radical (unpaired) electrons. The molecule has 1 aromatic carbocycles. The Balaban J connectivity index is 1.72. The van der Waals surface area contributed by atoms with Crippen LogP contribution >= 0.6 is 12.2 Å². The molecule has 4 aromatic rings. The molecular weight excluding hydrogens is 470 g/mol. The summed E-state index contributed by atoms with van der Waals surface area (Å²) in [6, 6.07) is 17.7. The van der Waals surface area contributed by atoms with E-state index in [2.05, 4.69) is 57.7 Å². The number of anilines is 1. The van der Waals surface area contributed by atoms with Gasteiger partial charge in [0.15, 0.2) is 5.11 Å². The van der Waals surface area contributed by atoms with Crippen LogP contribution in [-0.2, 0) is 0 Å². The summed E-state index contributed by atoms with van der Waals surface area (Å²) in [4.78, 5) is 11.4. The average Bonchev–Trinajstić information content (AvgIpc) is 3.38. The third-order valence-electron chi connectivity index (χ3n) is 6.66. The van der Waals surface area contributed by atoms with Crippen molar-refractivity contribution < 1.29 is 9.47 Å². The highest BCUT2D eigenvalue weighted by Gasteiger charge is 2.43. The fourth-order valence-electron chi connectivity index (χ4n) is 5.00. The quantitative estimate of drug-likeness (QED) is 0.357. The van der Waals surface area contributed by atoms with Gasteiger partial charge in [0.2, 0.25) is 0 Å². The Bertz CT molecular complexity index is 1420. The first-order valence-corrected chi connectivity index (χ1v) is 12.2. The summed E-state index contributed by atoms with van der Waals surface area (Å²) in [5.41, 5.74) is 6.21. The number of hydrogen-bond donors (Lipinski definition) is 1. The zero-order chi connectivity index (χ0) is 25.4. The van der Waals surface area contributed by atoms with Crippen molar-refractivity contribution >= 4 is 23.0 Å². The van der Waals surface area contributed by atoms with Gasteiger partial charge in [0, 0.05) is 29.8 Å². The topological polar surface area (TPSA) is 64.4 Å². The predicted octanol–water partition coefficient (Wildman–Crippen LogP) is 5.39. The Hall–Kier alpha value is -3.91. The molecule has 0 spiro atoms. The van der Waals surface area contributed by atoms with Crippen molar-refractivity contribution in [3.05, 3.63) is 95.2 Å². The van der Waals surface area contributed by atoms with E-state index < -0.39 is 0 Å². The number of pyridine rings is 2. The van der Waals surface area contributed by atoms with Gasteiger partial charge in [0.05, 0.1) is 37.7 Å². The number of methoxy groups -OCH3 is 2. The number of thiocarbonyl (C=S) groups is 1. The van der Waals surface area contributed by atoms with E-state index in [1.165, 1.54) is 0 Å². The van der Waals surface area contributed by atoms with Crippen molar-refractivity contribution in [1.82, 2.24) is 19.9 Å². The van der Waals surface area contributed by atoms with Gasteiger partial charge in [0.25, 0.3) is 0 Å². The van der Waals surface area contributed by atoms with Crippen LogP contribution in [0.25, 0.3) is 5.82 Å². The van der Waals surface area contributed by atoms with Crippen LogP contribution in [0, 0.1) is 20.8 Å². The van der Waals surface area contributed by atoms with Crippen LogP contribution in [0.15, 0.2) is 67.0 Å². The summed E-state index contributed by atoms with van der Waals surface area (Å²) in [6.07, 6.45) is 3.66. The largest absolute Gasteiger partial charge is 0.497 e. The van der Waals surface area contributed by atoms with E-state index in [1.807, 2.05) is 54.9 Å². The van der Waals surface area contributed by atoms with E-state index >= 15 is 0 Å². The molecule has 3 aromatic heterocycles. The lowest BCUT2D eigenvalue weighted by Crippen LogP contribution is -2.30. The molecule has 1 N–H and O–H groups in total. The summed E-state index contributed by atoms with van der Waals surface area (Å²) in [7, 11) is 3.32. The van der Waals surface area contributed by atoms with Crippen LogP contribution in [0.2, 0.25) is 0 Å². The van der Waals surface area contributed by atoms with Crippen LogP contribution in [0.1, 0.15) is 40.3 Å². The van der Waals surface area contributed by atoms with Crippen LogP contribution in [0.4, 0.5) is 5.69 Å². The van der Waals surface area contributed by atoms with E-state index in [4.69, 9.17) is 21.7 Å². The molecule has 7 nitrogen and oxygen atoms in total. The molecule has 0 amide bonds. The first-order chi connectivity index (χ1) is 17.4. The molecule has 0 saturated carbocycles. The fraction of sp³-hybridized carbons (Fsp3) is 0.250. The van der Waals surface area contributed by atoms with Crippen LogP contribution in [0.5, 0.6) is 11.5 Å². The van der Waals surface area contributed by atoms with Crippen molar-refractivity contribution in [3.8, 4) is 17.3 Å².